The summed E-state index contributed by atoms with van der Waals surface area (Å²) in [6, 6.07) is 13.4. The minimum absolute atomic E-state index is 0.342. The molecule has 4 nitrogen and oxygen atoms in total. The average molecular weight is 359 g/mol. The summed E-state index contributed by atoms with van der Waals surface area (Å²) in [7, 11) is 0. The van der Waals surface area contributed by atoms with E-state index in [1.165, 1.54) is 0 Å². The SMILES string of the molecule is CCOC(=O)c1ccccc1-n1nc2ccc(C)cc2c1Br. The Morgan fingerprint density at radius 1 is 1.27 bits per heavy atom. The number of halogens is 1. The summed E-state index contributed by atoms with van der Waals surface area (Å²) in [5.41, 5.74) is 3.22. The van der Waals surface area contributed by atoms with E-state index in [1.54, 1.807) is 17.7 Å². The first-order valence-corrected chi connectivity index (χ1v) is 7.82. The van der Waals surface area contributed by atoms with Crippen molar-refractivity contribution in [2.24, 2.45) is 0 Å². The number of carbonyl (C=O) groups is 1. The minimum atomic E-state index is -0.347. The number of fused-ring (bicyclic) bond motifs is 1. The first-order chi connectivity index (χ1) is 10.6. The number of para-hydroxylation sites is 1. The van der Waals surface area contributed by atoms with Crippen LogP contribution in [0.2, 0.25) is 0 Å². The maximum absolute atomic E-state index is 12.1. The van der Waals surface area contributed by atoms with Crippen LogP contribution in [0.5, 0.6) is 0 Å². The smallest absolute Gasteiger partial charge is 0.340 e. The lowest BCUT2D eigenvalue weighted by molar-refractivity contribution is 0.0526. The fourth-order valence-corrected chi connectivity index (χ4v) is 2.96. The van der Waals surface area contributed by atoms with E-state index in [0.29, 0.717) is 17.9 Å². The third kappa shape index (κ3) is 2.52. The highest BCUT2D eigenvalue weighted by molar-refractivity contribution is 9.10. The Morgan fingerprint density at radius 2 is 2.05 bits per heavy atom. The molecule has 3 aromatic rings. The van der Waals surface area contributed by atoms with Crippen molar-refractivity contribution in [1.29, 1.82) is 0 Å². The number of hydrogen-bond acceptors (Lipinski definition) is 3. The molecule has 0 fully saturated rings. The van der Waals surface area contributed by atoms with E-state index in [0.717, 1.165) is 21.1 Å². The van der Waals surface area contributed by atoms with Gasteiger partial charge in [-0.3, -0.25) is 0 Å². The van der Waals surface area contributed by atoms with Gasteiger partial charge in [0.15, 0.2) is 0 Å². The predicted molar refractivity (Wildman–Crippen MR) is 89.5 cm³/mol. The van der Waals surface area contributed by atoms with Crippen molar-refractivity contribution in [1.82, 2.24) is 9.78 Å². The molecule has 0 aliphatic carbocycles. The molecule has 0 amide bonds. The van der Waals surface area contributed by atoms with Crippen LogP contribution in [-0.2, 0) is 4.74 Å². The molecule has 0 saturated carbocycles. The second-order valence-electron chi connectivity index (χ2n) is 4.96. The summed E-state index contributed by atoms with van der Waals surface area (Å²) in [6.45, 7) is 4.17. The van der Waals surface area contributed by atoms with Crippen molar-refractivity contribution in [3.8, 4) is 5.69 Å². The number of aromatic nitrogens is 2. The maximum atomic E-state index is 12.1. The Hall–Kier alpha value is -2.14. The second kappa shape index (κ2) is 5.93. The molecular weight excluding hydrogens is 344 g/mol. The number of esters is 1. The van der Waals surface area contributed by atoms with Crippen LogP contribution in [0.15, 0.2) is 47.1 Å². The summed E-state index contributed by atoms with van der Waals surface area (Å²) in [5.74, 6) is -0.347. The van der Waals surface area contributed by atoms with Crippen molar-refractivity contribution in [2.75, 3.05) is 6.61 Å². The van der Waals surface area contributed by atoms with Gasteiger partial charge in [0.05, 0.1) is 23.4 Å². The normalized spacial score (nSPS) is 10.9. The minimum Gasteiger partial charge on any atom is -0.462 e. The molecule has 2 aromatic carbocycles. The van der Waals surface area contributed by atoms with Gasteiger partial charge in [-0.25, -0.2) is 9.48 Å². The number of carbonyl (C=O) groups excluding carboxylic acids is 1. The first kappa shape index (κ1) is 14.8. The quantitative estimate of drug-likeness (QED) is 0.656. The van der Waals surface area contributed by atoms with E-state index in [4.69, 9.17) is 4.74 Å². The molecule has 0 unspecified atom stereocenters. The van der Waals surface area contributed by atoms with Gasteiger partial charge >= 0.3 is 5.97 Å². The van der Waals surface area contributed by atoms with Crippen molar-refractivity contribution in [3.05, 3.63) is 58.2 Å². The lowest BCUT2D eigenvalue weighted by Crippen LogP contribution is -2.10. The largest absolute Gasteiger partial charge is 0.462 e. The average Bonchev–Trinajstić information content (AvgIpc) is 2.84. The standard InChI is InChI=1S/C17H15BrN2O2/c1-3-22-17(21)12-6-4-5-7-15(12)20-16(18)13-10-11(2)8-9-14(13)19-20/h4-10H,3H2,1-2H3. The zero-order chi connectivity index (χ0) is 15.7. The van der Waals surface area contributed by atoms with Crippen molar-refractivity contribution < 1.29 is 9.53 Å². The molecule has 0 aliphatic heterocycles. The Bertz CT molecular complexity index is 855. The molecule has 0 saturated heterocycles. The van der Waals surface area contributed by atoms with Gasteiger partial charge in [0.25, 0.3) is 0 Å². The fraction of sp³-hybridized carbons (Fsp3) is 0.176. The highest BCUT2D eigenvalue weighted by Gasteiger charge is 2.17. The first-order valence-electron chi connectivity index (χ1n) is 7.03. The van der Waals surface area contributed by atoms with Gasteiger partial charge in [-0.1, -0.05) is 23.8 Å². The number of ether oxygens (including phenoxy) is 1. The van der Waals surface area contributed by atoms with Crippen LogP contribution in [-0.4, -0.2) is 22.4 Å². The lowest BCUT2D eigenvalue weighted by Gasteiger charge is -2.09. The van der Waals surface area contributed by atoms with Crippen LogP contribution in [0.25, 0.3) is 16.6 Å². The Balaban J connectivity index is 2.20. The third-order valence-electron chi connectivity index (χ3n) is 3.40. The summed E-state index contributed by atoms with van der Waals surface area (Å²) in [6.07, 6.45) is 0. The van der Waals surface area contributed by atoms with Gasteiger partial charge in [0.2, 0.25) is 0 Å². The maximum Gasteiger partial charge on any atom is 0.340 e. The zero-order valence-electron chi connectivity index (χ0n) is 12.3. The number of hydrogen-bond donors (Lipinski definition) is 0. The highest BCUT2D eigenvalue weighted by Crippen LogP contribution is 2.29. The molecule has 5 heteroatoms. The van der Waals surface area contributed by atoms with Gasteiger partial charge in [-0.2, -0.15) is 5.10 Å². The van der Waals surface area contributed by atoms with E-state index in [1.807, 2.05) is 37.3 Å². The van der Waals surface area contributed by atoms with E-state index in [-0.39, 0.29) is 5.97 Å². The van der Waals surface area contributed by atoms with E-state index < -0.39 is 0 Å². The molecule has 1 aromatic heterocycles. The number of rotatable bonds is 3. The van der Waals surface area contributed by atoms with E-state index in [2.05, 4.69) is 27.1 Å². The zero-order valence-corrected chi connectivity index (χ0v) is 13.9. The molecule has 3 rings (SSSR count). The summed E-state index contributed by atoms with van der Waals surface area (Å²) >= 11 is 3.59. The van der Waals surface area contributed by atoms with Gasteiger partial charge < -0.3 is 4.74 Å². The molecule has 0 radical (unpaired) electrons. The number of benzene rings is 2. The van der Waals surface area contributed by atoms with Crippen molar-refractivity contribution >= 4 is 32.8 Å². The van der Waals surface area contributed by atoms with Crippen LogP contribution in [0.1, 0.15) is 22.8 Å². The summed E-state index contributed by atoms with van der Waals surface area (Å²) in [5, 5.41) is 5.60. The highest BCUT2D eigenvalue weighted by atomic mass is 79.9. The Kier molecular flexibility index (Phi) is 3.98. The second-order valence-corrected chi connectivity index (χ2v) is 5.71. The molecule has 0 N–H and O–H groups in total. The molecule has 0 spiro atoms. The summed E-state index contributed by atoms with van der Waals surface area (Å²) in [4.78, 5) is 12.1. The molecule has 0 aliphatic rings. The molecular formula is C17H15BrN2O2. The number of aryl methyl sites for hydroxylation is 1. The molecule has 22 heavy (non-hydrogen) atoms. The molecule has 1 heterocycles. The lowest BCUT2D eigenvalue weighted by atomic mass is 10.2. The van der Waals surface area contributed by atoms with Crippen molar-refractivity contribution in [2.45, 2.75) is 13.8 Å². The van der Waals surface area contributed by atoms with Crippen LogP contribution >= 0.6 is 15.9 Å². The van der Waals surface area contributed by atoms with E-state index in [9.17, 15) is 4.79 Å². The van der Waals surface area contributed by atoms with Gasteiger partial charge in [0, 0.05) is 5.39 Å². The number of nitrogens with zero attached hydrogens (tertiary/aromatic N) is 2. The van der Waals surface area contributed by atoms with Crippen LogP contribution in [0.4, 0.5) is 0 Å². The third-order valence-corrected chi connectivity index (χ3v) is 4.16. The van der Waals surface area contributed by atoms with Crippen LogP contribution in [0.3, 0.4) is 0 Å². The monoisotopic (exact) mass is 358 g/mol. The Labute approximate surface area is 136 Å². The van der Waals surface area contributed by atoms with Crippen molar-refractivity contribution in [3.63, 3.8) is 0 Å². The Morgan fingerprint density at radius 3 is 2.82 bits per heavy atom. The van der Waals surface area contributed by atoms with Gasteiger partial charge in [-0.05, 0) is 54.0 Å². The van der Waals surface area contributed by atoms with Crippen LogP contribution in [0, 0.1) is 6.92 Å². The van der Waals surface area contributed by atoms with E-state index >= 15 is 0 Å². The van der Waals surface area contributed by atoms with Crippen LogP contribution < -0.4 is 0 Å². The van der Waals surface area contributed by atoms with Gasteiger partial charge in [0.1, 0.15) is 4.60 Å². The molecule has 0 bridgehead atoms. The fourth-order valence-electron chi connectivity index (χ4n) is 2.37. The predicted octanol–water partition coefficient (Wildman–Crippen LogP) is 4.27. The molecule has 0 atom stereocenters. The summed E-state index contributed by atoms with van der Waals surface area (Å²) < 4.78 is 7.68. The van der Waals surface area contributed by atoms with Gasteiger partial charge in [-0.15, -0.1) is 0 Å². The topological polar surface area (TPSA) is 44.1 Å². The molecule has 112 valence electrons.